The zero-order valence-corrected chi connectivity index (χ0v) is 22.2. The molecule has 0 radical (unpaired) electrons. The molecule has 3 rings (SSSR count). The Morgan fingerprint density at radius 2 is 1.53 bits per heavy atom. The van der Waals surface area contributed by atoms with E-state index < -0.39 is 28.5 Å². The highest BCUT2D eigenvalue weighted by atomic mass is 35.5. The summed E-state index contributed by atoms with van der Waals surface area (Å²) in [6.07, 6.45) is 0.492. The van der Waals surface area contributed by atoms with E-state index >= 15 is 0 Å². The predicted octanol–water partition coefficient (Wildman–Crippen LogP) is 4.39. The van der Waals surface area contributed by atoms with Crippen LogP contribution in [0.25, 0.3) is 0 Å². The molecule has 0 aliphatic heterocycles. The molecule has 1 atom stereocenters. The van der Waals surface area contributed by atoms with Gasteiger partial charge in [-0.3, -0.25) is 13.9 Å². The summed E-state index contributed by atoms with van der Waals surface area (Å²) in [5.74, 6) is -0.893. The molecule has 0 fully saturated rings. The fourth-order valence-electron chi connectivity index (χ4n) is 3.67. The maximum atomic E-state index is 13.6. The van der Waals surface area contributed by atoms with Gasteiger partial charge in [-0.1, -0.05) is 71.7 Å². The highest BCUT2D eigenvalue weighted by molar-refractivity contribution is 7.92. The first-order chi connectivity index (χ1) is 17.1. The monoisotopic (exact) mass is 547 g/mol. The van der Waals surface area contributed by atoms with E-state index in [2.05, 4.69) is 5.32 Å². The van der Waals surface area contributed by atoms with Gasteiger partial charge in [-0.2, -0.15) is 0 Å². The SMILES string of the molecule is CNC(=O)[C@H](C)N(CCc1ccccc1)C(=O)CN(c1ccc(Cl)c(Cl)c1)S(=O)(=O)c1ccccc1. The van der Waals surface area contributed by atoms with Crippen molar-refractivity contribution in [3.63, 3.8) is 0 Å². The van der Waals surface area contributed by atoms with Gasteiger partial charge < -0.3 is 10.2 Å². The molecule has 0 aliphatic rings. The summed E-state index contributed by atoms with van der Waals surface area (Å²) in [5, 5.41) is 2.96. The summed E-state index contributed by atoms with van der Waals surface area (Å²) in [5.41, 5.74) is 1.16. The largest absolute Gasteiger partial charge is 0.357 e. The standard InChI is InChI=1S/C26H27Cl2N3O4S/c1-19(26(33)29-2)30(16-15-20-9-5-3-6-10-20)25(32)18-31(21-13-14-23(27)24(28)17-21)36(34,35)22-11-7-4-8-12-22/h3-14,17,19H,15-16,18H2,1-2H3,(H,29,33)/t19-/m0/s1. The van der Waals surface area contributed by atoms with E-state index in [-0.39, 0.29) is 33.1 Å². The molecule has 36 heavy (non-hydrogen) atoms. The van der Waals surface area contributed by atoms with Crippen LogP contribution < -0.4 is 9.62 Å². The Morgan fingerprint density at radius 1 is 0.917 bits per heavy atom. The number of anilines is 1. The minimum Gasteiger partial charge on any atom is -0.357 e. The van der Waals surface area contributed by atoms with E-state index in [1.807, 2.05) is 30.3 Å². The zero-order chi connectivity index (χ0) is 26.3. The van der Waals surface area contributed by atoms with Crippen molar-refractivity contribution >= 4 is 50.7 Å². The van der Waals surface area contributed by atoms with Gasteiger partial charge in [0.2, 0.25) is 11.8 Å². The van der Waals surface area contributed by atoms with E-state index in [4.69, 9.17) is 23.2 Å². The number of sulfonamides is 1. The summed E-state index contributed by atoms with van der Waals surface area (Å²) in [4.78, 5) is 27.5. The molecule has 0 aromatic heterocycles. The second kappa shape index (κ2) is 12.3. The highest BCUT2D eigenvalue weighted by Crippen LogP contribution is 2.30. The van der Waals surface area contributed by atoms with Gasteiger partial charge in [-0.05, 0) is 49.2 Å². The minimum atomic E-state index is -4.15. The second-order valence-electron chi connectivity index (χ2n) is 8.04. The first-order valence-corrected chi connectivity index (χ1v) is 13.4. The number of nitrogens with one attached hydrogen (secondary N) is 1. The van der Waals surface area contributed by atoms with Crippen LogP contribution in [0, 0.1) is 0 Å². The van der Waals surface area contributed by atoms with Gasteiger partial charge in [0.1, 0.15) is 12.6 Å². The van der Waals surface area contributed by atoms with Crippen molar-refractivity contribution in [2.24, 2.45) is 0 Å². The number of halogens is 2. The first-order valence-electron chi connectivity index (χ1n) is 11.2. The molecule has 0 bridgehead atoms. The molecule has 2 amide bonds. The molecular weight excluding hydrogens is 521 g/mol. The Bertz CT molecular complexity index is 1310. The Balaban J connectivity index is 1.98. The summed E-state index contributed by atoms with van der Waals surface area (Å²) < 4.78 is 28.2. The van der Waals surface area contributed by atoms with Gasteiger partial charge in [0.15, 0.2) is 0 Å². The molecular formula is C26H27Cl2N3O4S. The Morgan fingerprint density at radius 3 is 2.11 bits per heavy atom. The maximum Gasteiger partial charge on any atom is 0.264 e. The number of carbonyl (C=O) groups is 2. The molecule has 7 nitrogen and oxygen atoms in total. The summed E-state index contributed by atoms with van der Waals surface area (Å²) in [6, 6.07) is 20.9. The number of amides is 2. The van der Waals surface area contributed by atoms with Crippen LogP contribution in [0.15, 0.2) is 83.8 Å². The highest BCUT2D eigenvalue weighted by Gasteiger charge is 2.32. The van der Waals surface area contributed by atoms with E-state index in [9.17, 15) is 18.0 Å². The third kappa shape index (κ3) is 6.57. The van der Waals surface area contributed by atoms with Crippen LogP contribution in [-0.4, -0.2) is 51.3 Å². The van der Waals surface area contributed by atoms with Gasteiger partial charge in [0.05, 0.1) is 20.6 Å². The lowest BCUT2D eigenvalue weighted by Crippen LogP contribution is -2.51. The van der Waals surface area contributed by atoms with Crippen molar-refractivity contribution in [3.05, 3.63) is 94.5 Å². The smallest absolute Gasteiger partial charge is 0.264 e. The van der Waals surface area contributed by atoms with Crippen molar-refractivity contribution in [1.29, 1.82) is 0 Å². The average Bonchev–Trinajstić information content (AvgIpc) is 2.89. The molecule has 0 saturated carbocycles. The third-order valence-electron chi connectivity index (χ3n) is 5.70. The van der Waals surface area contributed by atoms with Crippen LogP contribution in [0.2, 0.25) is 10.0 Å². The normalized spacial score (nSPS) is 12.0. The summed E-state index contributed by atoms with van der Waals surface area (Å²) >= 11 is 12.2. The van der Waals surface area contributed by atoms with Crippen molar-refractivity contribution in [1.82, 2.24) is 10.2 Å². The minimum absolute atomic E-state index is 0.0130. The van der Waals surface area contributed by atoms with E-state index in [0.29, 0.717) is 6.42 Å². The number of rotatable bonds is 10. The number of benzene rings is 3. The van der Waals surface area contributed by atoms with Gasteiger partial charge in [0, 0.05) is 13.6 Å². The number of likely N-dealkylation sites (N-methyl/N-ethyl adjacent to an activating group) is 1. The third-order valence-corrected chi connectivity index (χ3v) is 8.23. The van der Waals surface area contributed by atoms with E-state index in [1.54, 1.807) is 25.1 Å². The van der Waals surface area contributed by atoms with Crippen LogP contribution in [-0.2, 0) is 26.0 Å². The Hall–Kier alpha value is -3.07. The first kappa shape index (κ1) is 27.5. The van der Waals surface area contributed by atoms with Gasteiger partial charge in [-0.25, -0.2) is 8.42 Å². The van der Waals surface area contributed by atoms with Gasteiger partial charge in [0.25, 0.3) is 10.0 Å². The fraction of sp³-hybridized carbons (Fsp3) is 0.231. The average molecular weight is 548 g/mol. The molecule has 0 unspecified atom stereocenters. The summed E-state index contributed by atoms with van der Waals surface area (Å²) in [6.45, 7) is 1.29. The van der Waals surface area contributed by atoms with Crippen LogP contribution in [0.1, 0.15) is 12.5 Å². The fourth-order valence-corrected chi connectivity index (χ4v) is 5.39. The molecule has 3 aromatic carbocycles. The second-order valence-corrected chi connectivity index (χ2v) is 10.7. The van der Waals surface area contributed by atoms with E-state index in [0.717, 1.165) is 9.87 Å². The van der Waals surface area contributed by atoms with Crippen LogP contribution >= 0.6 is 23.2 Å². The number of nitrogens with zero attached hydrogens (tertiary/aromatic N) is 2. The zero-order valence-electron chi connectivity index (χ0n) is 19.9. The van der Waals surface area contributed by atoms with Crippen molar-refractivity contribution in [2.75, 3.05) is 24.4 Å². The van der Waals surface area contributed by atoms with Crippen molar-refractivity contribution in [2.45, 2.75) is 24.3 Å². The molecule has 0 saturated heterocycles. The predicted molar refractivity (Wildman–Crippen MR) is 143 cm³/mol. The molecule has 0 spiro atoms. The van der Waals surface area contributed by atoms with E-state index in [1.165, 1.54) is 42.3 Å². The Kier molecular flexibility index (Phi) is 9.37. The van der Waals surface area contributed by atoms with Crippen LogP contribution in [0.4, 0.5) is 5.69 Å². The van der Waals surface area contributed by atoms with Crippen LogP contribution in [0.5, 0.6) is 0 Å². The van der Waals surface area contributed by atoms with Gasteiger partial charge in [-0.15, -0.1) is 0 Å². The topological polar surface area (TPSA) is 86.8 Å². The molecule has 1 N–H and O–H groups in total. The molecule has 3 aromatic rings. The lowest BCUT2D eigenvalue weighted by atomic mass is 10.1. The van der Waals surface area contributed by atoms with Crippen molar-refractivity contribution < 1.29 is 18.0 Å². The number of hydrogen-bond acceptors (Lipinski definition) is 4. The Labute approximate surface area is 221 Å². The lowest BCUT2D eigenvalue weighted by Gasteiger charge is -2.31. The summed E-state index contributed by atoms with van der Waals surface area (Å²) in [7, 11) is -2.66. The quantitative estimate of drug-likeness (QED) is 0.407. The molecule has 0 aliphatic carbocycles. The number of carbonyl (C=O) groups excluding carboxylic acids is 2. The van der Waals surface area contributed by atoms with Crippen molar-refractivity contribution in [3.8, 4) is 0 Å². The molecule has 10 heteroatoms. The van der Waals surface area contributed by atoms with Crippen LogP contribution in [0.3, 0.4) is 0 Å². The lowest BCUT2D eigenvalue weighted by molar-refractivity contribution is -0.138. The maximum absolute atomic E-state index is 13.6. The molecule has 190 valence electrons. The number of hydrogen-bond donors (Lipinski definition) is 1. The van der Waals surface area contributed by atoms with Gasteiger partial charge >= 0.3 is 0 Å². The molecule has 0 heterocycles.